The summed E-state index contributed by atoms with van der Waals surface area (Å²) in [6.07, 6.45) is 0.765. The lowest BCUT2D eigenvalue weighted by atomic mass is 9.99. The number of fused-ring (bicyclic) bond motifs is 1. The van der Waals surface area contributed by atoms with E-state index in [4.69, 9.17) is 9.47 Å². The Morgan fingerprint density at radius 3 is 2.55 bits per heavy atom. The molecule has 0 spiro atoms. The second-order valence-electron chi connectivity index (χ2n) is 4.59. The third kappa shape index (κ3) is 2.91. The molecule has 0 aliphatic carbocycles. The maximum absolute atomic E-state index is 11.3. The van der Waals surface area contributed by atoms with Crippen LogP contribution < -0.4 is 4.74 Å². The second-order valence-corrected chi connectivity index (χ2v) is 4.59. The first-order valence-electron chi connectivity index (χ1n) is 6.52. The molecule has 20 heavy (non-hydrogen) atoms. The van der Waals surface area contributed by atoms with Gasteiger partial charge in [-0.25, -0.2) is 4.79 Å². The molecule has 0 heterocycles. The highest BCUT2D eigenvalue weighted by Crippen LogP contribution is 2.31. The molecule has 0 aliphatic heterocycles. The predicted octanol–water partition coefficient (Wildman–Crippen LogP) is 3.26. The number of benzene rings is 2. The zero-order valence-corrected chi connectivity index (χ0v) is 11.7. The van der Waals surface area contributed by atoms with Gasteiger partial charge in [0.25, 0.3) is 0 Å². The van der Waals surface area contributed by atoms with Gasteiger partial charge in [0.05, 0.1) is 12.2 Å². The van der Waals surface area contributed by atoms with Crippen molar-refractivity contribution in [3.63, 3.8) is 0 Å². The van der Waals surface area contributed by atoms with Crippen LogP contribution in [0.15, 0.2) is 30.3 Å². The van der Waals surface area contributed by atoms with Crippen molar-refractivity contribution in [1.82, 2.24) is 0 Å². The molecule has 0 aliphatic rings. The van der Waals surface area contributed by atoms with Crippen molar-refractivity contribution < 1.29 is 19.4 Å². The smallest absolute Gasteiger partial charge is 0.336 e. The Kier molecular flexibility index (Phi) is 4.58. The highest BCUT2D eigenvalue weighted by molar-refractivity contribution is 6.00. The molecule has 4 nitrogen and oxygen atoms in total. The average molecular weight is 274 g/mol. The standard InChI is InChI=1S/C16H18O4/c1-11-12-6-3-4-7-13(12)15(10-14(11)16(17)18)20-9-5-8-19-2/h3-4,6-7,10H,5,8-9H2,1-2H3,(H,17,18). The first kappa shape index (κ1) is 14.3. The van der Waals surface area contributed by atoms with Crippen LogP contribution in [-0.2, 0) is 4.74 Å². The molecule has 0 radical (unpaired) electrons. The van der Waals surface area contributed by atoms with E-state index < -0.39 is 5.97 Å². The maximum Gasteiger partial charge on any atom is 0.336 e. The molecule has 0 saturated carbocycles. The van der Waals surface area contributed by atoms with Crippen LogP contribution in [0.25, 0.3) is 10.8 Å². The van der Waals surface area contributed by atoms with E-state index in [2.05, 4.69) is 0 Å². The van der Waals surface area contributed by atoms with E-state index in [1.165, 1.54) is 0 Å². The van der Waals surface area contributed by atoms with Crippen LogP contribution in [0.1, 0.15) is 22.3 Å². The molecule has 0 aromatic heterocycles. The number of carboxylic acids is 1. The molecule has 106 valence electrons. The fourth-order valence-electron chi connectivity index (χ4n) is 2.21. The Morgan fingerprint density at radius 2 is 1.90 bits per heavy atom. The van der Waals surface area contributed by atoms with Crippen LogP contribution in [0.3, 0.4) is 0 Å². The number of carboxylic acid groups (broad SMARTS) is 1. The van der Waals surface area contributed by atoms with Crippen molar-refractivity contribution in [2.75, 3.05) is 20.3 Å². The summed E-state index contributed by atoms with van der Waals surface area (Å²) in [4.78, 5) is 11.3. The number of hydrogen-bond acceptors (Lipinski definition) is 3. The highest BCUT2D eigenvalue weighted by Gasteiger charge is 2.14. The summed E-state index contributed by atoms with van der Waals surface area (Å²) in [6, 6.07) is 9.28. The number of methoxy groups -OCH3 is 1. The predicted molar refractivity (Wildman–Crippen MR) is 77.6 cm³/mol. The van der Waals surface area contributed by atoms with Crippen LogP contribution >= 0.6 is 0 Å². The Balaban J connectivity index is 2.41. The summed E-state index contributed by atoms with van der Waals surface area (Å²) < 4.78 is 10.7. The number of hydrogen-bond donors (Lipinski definition) is 1. The van der Waals surface area contributed by atoms with Crippen LogP contribution in [0, 0.1) is 6.92 Å². The molecule has 0 unspecified atom stereocenters. The summed E-state index contributed by atoms with van der Waals surface area (Å²) in [6.45, 7) is 2.94. The zero-order chi connectivity index (χ0) is 14.5. The normalized spacial score (nSPS) is 10.7. The lowest BCUT2D eigenvalue weighted by Crippen LogP contribution is -2.05. The minimum atomic E-state index is -0.935. The van der Waals surface area contributed by atoms with Crippen molar-refractivity contribution in [2.24, 2.45) is 0 Å². The zero-order valence-electron chi connectivity index (χ0n) is 11.7. The van der Waals surface area contributed by atoms with Gasteiger partial charge in [0.2, 0.25) is 0 Å². The van der Waals surface area contributed by atoms with Gasteiger partial charge in [0.1, 0.15) is 5.75 Å². The lowest BCUT2D eigenvalue weighted by Gasteiger charge is -2.13. The highest BCUT2D eigenvalue weighted by atomic mass is 16.5. The number of aryl methyl sites for hydroxylation is 1. The quantitative estimate of drug-likeness (QED) is 0.821. The van der Waals surface area contributed by atoms with E-state index in [0.29, 0.717) is 19.0 Å². The number of carbonyl (C=O) groups is 1. The number of aromatic carboxylic acids is 1. The summed E-state index contributed by atoms with van der Waals surface area (Å²) in [5.41, 5.74) is 1.04. The molecule has 0 fully saturated rings. The minimum absolute atomic E-state index is 0.283. The molecular weight excluding hydrogens is 256 g/mol. The van der Waals surface area contributed by atoms with Crippen molar-refractivity contribution in [3.8, 4) is 5.75 Å². The molecule has 2 aromatic carbocycles. The van der Waals surface area contributed by atoms with Gasteiger partial charge in [-0.1, -0.05) is 24.3 Å². The van der Waals surface area contributed by atoms with Gasteiger partial charge < -0.3 is 14.6 Å². The summed E-state index contributed by atoms with van der Waals surface area (Å²) in [5, 5.41) is 11.1. The van der Waals surface area contributed by atoms with E-state index in [1.807, 2.05) is 31.2 Å². The topological polar surface area (TPSA) is 55.8 Å². The maximum atomic E-state index is 11.3. The minimum Gasteiger partial charge on any atom is -0.493 e. The second kappa shape index (κ2) is 6.39. The van der Waals surface area contributed by atoms with E-state index in [9.17, 15) is 9.90 Å². The van der Waals surface area contributed by atoms with E-state index in [-0.39, 0.29) is 5.56 Å². The van der Waals surface area contributed by atoms with Crippen LogP contribution in [0.5, 0.6) is 5.75 Å². The van der Waals surface area contributed by atoms with Gasteiger partial charge in [0.15, 0.2) is 0 Å². The van der Waals surface area contributed by atoms with E-state index >= 15 is 0 Å². The number of rotatable bonds is 6. The molecular formula is C16H18O4. The Bertz CT molecular complexity index is 619. The fraction of sp³-hybridized carbons (Fsp3) is 0.312. The summed E-state index contributed by atoms with van der Waals surface area (Å²) in [7, 11) is 1.64. The molecule has 0 atom stereocenters. The van der Waals surface area contributed by atoms with Crippen LogP contribution in [-0.4, -0.2) is 31.4 Å². The van der Waals surface area contributed by atoms with Crippen molar-refractivity contribution >= 4 is 16.7 Å². The van der Waals surface area contributed by atoms with Crippen molar-refractivity contribution in [1.29, 1.82) is 0 Å². The third-order valence-corrected chi connectivity index (χ3v) is 3.26. The summed E-state index contributed by atoms with van der Waals surface area (Å²) in [5.74, 6) is -0.324. The molecule has 0 amide bonds. The van der Waals surface area contributed by atoms with Gasteiger partial charge in [-0.3, -0.25) is 0 Å². The molecule has 1 N–H and O–H groups in total. The third-order valence-electron chi connectivity index (χ3n) is 3.26. The molecule has 4 heteroatoms. The molecule has 0 saturated heterocycles. The Hall–Kier alpha value is -2.07. The van der Waals surface area contributed by atoms with Crippen LogP contribution in [0.4, 0.5) is 0 Å². The Labute approximate surface area is 117 Å². The monoisotopic (exact) mass is 274 g/mol. The molecule has 2 aromatic rings. The van der Waals surface area contributed by atoms with Crippen LogP contribution in [0.2, 0.25) is 0 Å². The molecule has 0 bridgehead atoms. The first-order valence-corrected chi connectivity index (χ1v) is 6.52. The van der Waals surface area contributed by atoms with Gasteiger partial charge >= 0.3 is 5.97 Å². The fourth-order valence-corrected chi connectivity index (χ4v) is 2.21. The average Bonchev–Trinajstić information content (AvgIpc) is 2.45. The summed E-state index contributed by atoms with van der Waals surface area (Å²) >= 11 is 0. The van der Waals surface area contributed by atoms with Gasteiger partial charge in [0, 0.05) is 25.5 Å². The van der Waals surface area contributed by atoms with Crippen molar-refractivity contribution in [2.45, 2.75) is 13.3 Å². The van der Waals surface area contributed by atoms with E-state index in [0.717, 1.165) is 22.8 Å². The van der Waals surface area contributed by atoms with Crippen molar-refractivity contribution in [3.05, 3.63) is 41.5 Å². The Morgan fingerprint density at radius 1 is 1.20 bits per heavy atom. The number of ether oxygens (including phenoxy) is 2. The van der Waals surface area contributed by atoms with E-state index in [1.54, 1.807) is 13.2 Å². The first-order chi connectivity index (χ1) is 9.65. The van der Waals surface area contributed by atoms with Gasteiger partial charge in [-0.2, -0.15) is 0 Å². The molecule has 2 rings (SSSR count). The van der Waals surface area contributed by atoms with Gasteiger partial charge in [-0.05, 0) is 23.9 Å². The lowest BCUT2D eigenvalue weighted by molar-refractivity contribution is 0.0695. The SMILES string of the molecule is COCCCOc1cc(C(=O)O)c(C)c2ccccc12. The van der Waals surface area contributed by atoms with Gasteiger partial charge in [-0.15, -0.1) is 0 Å². The largest absolute Gasteiger partial charge is 0.493 e.